The molecule has 0 aliphatic carbocycles. The van der Waals surface area contributed by atoms with E-state index in [1.54, 1.807) is 0 Å². The maximum atomic E-state index is 13.5. The maximum absolute atomic E-state index is 13.5. The molecule has 1 aromatic heterocycles. The summed E-state index contributed by atoms with van der Waals surface area (Å²) in [6, 6.07) is 35.1. The lowest BCUT2D eigenvalue weighted by molar-refractivity contribution is 0.0935. The smallest absolute Gasteiger partial charge is 0.253 e. The molecule has 5 nitrogen and oxygen atoms in total. The van der Waals surface area contributed by atoms with Crippen LogP contribution in [0.1, 0.15) is 27.8 Å². The molecular weight excluding hydrogens is 408 g/mol. The molecule has 0 spiro atoms. The Bertz CT molecular complexity index is 1330. The summed E-state index contributed by atoms with van der Waals surface area (Å²) in [5.41, 5.74) is 5.21. The number of hydrogen-bond donors (Lipinski definition) is 3. The molecule has 5 heteroatoms. The number of aromatic nitrogens is 2. The number of anilines is 2. The van der Waals surface area contributed by atoms with Gasteiger partial charge in [0.1, 0.15) is 5.82 Å². The Morgan fingerprint density at radius 1 is 0.788 bits per heavy atom. The molecule has 1 amide bonds. The van der Waals surface area contributed by atoms with Crippen LogP contribution < -0.4 is 10.6 Å². The highest BCUT2D eigenvalue weighted by Gasteiger charge is 2.21. The zero-order valence-electron chi connectivity index (χ0n) is 18.0. The number of carbonyl (C=O) groups is 1. The van der Waals surface area contributed by atoms with Crippen molar-refractivity contribution in [3.05, 3.63) is 126 Å². The van der Waals surface area contributed by atoms with E-state index in [9.17, 15) is 4.79 Å². The fourth-order valence-corrected chi connectivity index (χ4v) is 3.91. The SMILES string of the molecule is O=C(NC(Cc1ccccc1)c1nc2ccccc2[nH]1)c1ccccc1Nc1ccccc1. The summed E-state index contributed by atoms with van der Waals surface area (Å²) >= 11 is 0. The molecule has 0 saturated carbocycles. The van der Waals surface area contributed by atoms with Gasteiger partial charge in [-0.2, -0.15) is 0 Å². The summed E-state index contributed by atoms with van der Waals surface area (Å²) in [4.78, 5) is 21.6. The van der Waals surface area contributed by atoms with E-state index in [0.717, 1.165) is 33.8 Å². The predicted molar refractivity (Wildman–Crippen MR) is 133 cm³/mol. The number of fused-ring (bicyclic) bond motifs is 1. The quantitative estimate of drug-likeness (QED) is 0.294. The molecule has 0 radical (unpaired) electrons. The molecule has 162 valence electrons. The molecule has 0 aliphatic rings. The summed E-state index contributed by atoms with van der Waals surface area (Å²) < 4.78 is 0. The number of para-hydroxylation sites is 4. The van der Waals surface area contributed by atoms with E-state index >= 15 is 0 Å². The van der Waals surface area contributed by atoms with Gasteiger partial charge in [-0.3, -0.25) is 4.79 Å². The van der Waals surface area contributed by atoms with Gasteiger partial charge >= 0.3 is 0 Å². The largest absolute Gasteiger partial charge is 0.355 e. The summed E-state index contributed by atoms with van der Waals surface area (Å²) in [5.74, 6) is 0.581. The number of carbonyl (C=O) groups excluding carboxylic acids is 1. The minimum atomic E-state index is -0.308. The van der Waals surface area contributed by atoms with Gasteiger partial charge in [0, 0.05) is 5.69 Å². The maximum Gasteiger partial charge on any atom is 0.253 e. The number of H-pyrrole nitrogens is 1. The van der Waals surface area contributed by atoms with Gasteiger partial charge in [-0.05, 0) is 48.4 Å². The van der Waals surface area contributed by atoms with Gasteiger partial charge in [-0.1, -0.05) is 72.8 Å². The highest BCUT2D eigenvalue weighted by Crippen LogP contribution is 2.24. The Labute approximate surface area is 192 Å². The Balaban J connectivity index is 1.45. The normalized spacial score (nSPS) is 11.8. The summed E-state index contributed by atoms with van der Waals surface area (Å²) in [6.07, 6.45) is 0.626. The Hall–Kier alpha value is -4.38. The highest BCUT2D eigenvalue weighted by molar-refractivity contribution is 6.00. The van der Waals surface area contributed by atoms with Crippen LogP contribution in [0.3, 0.4) is 0 Å². The molecule has 0 fully saturated rings. The molecule has 0 bridgehead atoms. The third kappa shape index (κ3) is 4.77. The number of amides is 1. The second-order valence-corrected chi connectivity index (χ2v) is 7.89. The van der Waals surface area contributed by atoms with Gasteiger partial charge in [0.25, 0.3) is 5.91 Å². The van der Waals surface area contributed by atoms with E-state index < -0.39 is 0 Å². The lowest BCUT2D eigenvalue weighted by Gasteiger charge is -2.19. The third-order valence-electron chi connectivity index (χ3n) is 5.55. The number of benzene rings is 4. The van der Waals surface area contributed by atoms with E-state index in [2.05, 4.69) is 27.8 Å². The standard InChI is InChI=1S/C28H24N4O/c33-28(22-15-7-8-16-23(22)29-21-13-5-2-6-14-21)32-26(19-20-11-3-1-4-12-20)27-30-24-17-9-10-18-25(24)31-27/h1-18,26,29H,19H2,(H,30,31)(H,32,33). The van der Waals surface area contributed by atoms with Crippen molar-refractivity contribution >= 4 is 28.3 Å². The van der Waals surface area contributed by atoms with Gasteiger partial charge in [0.15, 0.2) is 0 Å². The van der Waals surface area contributed by atoms with Gasteiger partial charge in [-0.25, -0.2) is 4.98 Å². The monoisotopic (exact) mass is 432 g/mol. The van der Waals surface area contributed by atoms with E-state index in [-0.39, 0.29) is 11.9 Å². The number of nitrogens with one attached hydrogen (secondary N) is 3. The first-order valence-corrected chi connectivity index (χ1v) is 11.0. The number of nitrogens with zero attached hydrogens (tertiary/aromatic N) is 1. The molecule has 5 aromatic rings. The second-order valence-electron chi connectivity index (χ2n) is 7.89. The predicted octanol–water partition coefficient (Wildman–Crippen LogP) is 6.02. The minimum absolute atomic E-state index is 0.157. The van der Waals surface area contributed by atoms with Crippen LogP contribution in [0.25, 0.3) is 11.0 Å². The molecule has 1 unspecified atom stereocenters. The average Bonchev–Trinajstić information content (AvgIpc) is 3.30. The van der Waals surface area contributed by atoms with E-state index in [1.807, 2.05) is 97.1 Å². The first-order valence-electron chi connectivity index (χ1n) is 11.0. The van der Waals surface area contributed by atoms with Crippen LogP contribution in [-0.2, 0) is 6.42 Å². The minimum Gasteiger partial charge on any atom is -0.355 e. The van der Waals surface area contributed by atoms with Gasteiger partial charge < -0.3 is 15.6 Å². The van der Waals surface area contributed by atoms with Crippen LogP contribution >= 0.6 is 0 Å². The molecule has 4 aromatic carbocycles. The molecule has 3 N–H and O–H groups in total. The summed E-state index contributed by atoms with van der Waals surface area (Å²) in [5, 5.41) is 6.57. The molecule has 0 aliphatic heterocycles. The third-order valence-corrected chi connectivity index (χ3v) is 5.55. The van der Waals surface area contributed by atoms with Gasteiger partial charge in [-0.15, -0.1) is 0 Å². The van der Waals surface area contributed by atoms with Gasteiger partial charge in [0.2, 0.25) is 0 Å². The molecule has 1 heterocycles. The number of imidazole rings is 1. The zero-order valence-corrected chi connectivity index (χ0v) is 18.0. The summed E-state index contributed by atoms with van der Waals surface area (Å²) in [7, 11) is 0. The van der Waals surface area contributed by atoms with Gasteiger partial charge in [0.05, 0.1) is 28.3 Å². The first kappa shape index (κ1) is 20.5. The molecular formula is C28H24N4O. The van der Waals surface area contributed by atoms with Crippen molar-refractivity contribution in [3.8, 4) is 0 Å². The lowest BCUT2D eigenvalue weighted by atomic mass is 10.0. The molecule has 1 atom stereocenters. The van der Waals surface area contributed by atoms with Crippen molar-refractivity contribution in [3.63, 3.8) is 0 Å². The van der Waals surface area contributed by atoms with E-state index in [4.69, 9.17) is 4.98 Å². The van der Waals surface area contributed by atoms with E-state index in [0.29, 0.717) is 12.0 Å². The Morgan fingerprint density at radius 3 is 2.24 bits per heavy atom. The fraction of sp³-hybridized carbons (Fsp3) is 0.0714. The van der Waals surface area contributed by atoms with Crippen LogP contribution in [0, 0.1) is 0 Å². The van der Waals surface area contributed by atoms with Crippen LogP contribution in [0.2, 0.25) is 0 Å². The summed E-state index contributed by atoms with van der Waals surface area (Å²) in [6.45, 7) is 0. The number of rotatable bonds is 7. The number of aromatic amines is 1. The fourth-order valence-electron chi connectivity index (χ4n) is 3.91. The molecule has 33 heavy (non-hydrogen) atoms. The van der Waals surface area contributed by atoms with Crippen LogP contribution in [0.15, 0.2) is 109 Å². The Morgan fingerprint density at radius 2 is 1.45 bits per heavy atom. The van der Waals surface area contributed by atoms with Crippen molar-refractivity contribution in [1.82, 2.24) is 15.3 Å². The molecule has 0 saturated heterocycles. The second kappa shape index (κ2) is 9.40. The molecule has 5 rings (SSSR count). The zero-order chi connectivity index (χ0) is 22.5. The first-order chi connectivity index (χ1) is 16.3. The van der Waals surface area contributed by atoms with Crippen molar-refractivity contribution in [1.29, 1.82) is 0 Å². The van der Waals surface area contributed by atoms with Crippen molar-refractivity contribution in [2.24, 2.45) is 0 Å². The van der Waals surface area contributed by atoms with Crippen molar-refractivity contribution in [2.75, 3.05) is 5.32 Å². The van der Waals surface area contributed by atoms with Crippen LogP contribution in [0.5, 0.6) is 0 Å². The average molecular weight is 433 g/mol. The van der Waals surface area contributed by atoms with Crippen molar-refractivity contribution < 1.29 is 4.79 Å². The van der Waals surface area contributed by atoms with E-state index in [1.165, 1.54) is 0 Å². The Kier molecular flexibility index (Phi) is 5.85. The van der Waals surface area contributed by atoms with Crippen LogP contribution in [0.4, 0.5) is 11.4 Å². The van der Waals surface area contributed by atoms with Crippen molar-refractivity contribution in [2.45, 2.75) is 12.5 Å². The number of hydrogen-bond acceptors (Lipinski definition) is 3. The van der Waals surface area contributed by atoms with Crippen LogP contribution in [-0.4, -0.2) is 15.9 Å². The highest BCUT2D eigenvalue weighted by atomic mass is 16.1. The lowest BCUT2D eigenvalue weighted by Crippen LogP contribution is -2.31. The topological polar surface area (TPSA) is 69.8 Å².